The minimum Gasteiger partial charge on any atom is -0.388 e. The van der Waals surface area contributed by atoms with Crippen LogP contribution in [0.3, 0.4) is 0 Å². The maximum absolute atomic E-state index is 10.2. The highest BCUT2D eigenvalue weighted by molar-refractivity contribution is 5.23. The summed E-state index contributed by atoms with van der Waals surface area (Å²) >= 11 is 0. The Labute approximate surface area is 74.1 Å². The first-order chi connectivity index (χ1) is 5.29. The molecule has 3 N–H and O–H groups in total. The molecule has 12 heavy (non-hydrogen) atoms. The van der Waals surface area contributed by atoms with Gasteiger partial charge >= 0.3 is 0 Å². The Balaban J connectivity index is 2.08. The lowest BCUT2D eigenvalue weighted by Crippen LogP contribution is -2.62. The van der Waals surface area contributed by atoms with Gasteiger partial charge < -0.3 is 10.8 Å². The molecular weight excluding hydrogens is 150 g/mol. The van der Waals surface area contributed by atoms with Crippen LogP contribution in [-0.4, -0.2) is 16.2 Å². The van der Waals surface area contributed by atoms with E-state index in [1.807, 2.05) is 0 Å². The van der Waals surface area contributed by atoms with E-state index in [9.17, 15) is 5.11 Å². The molecule has 2 aliphatic rings. The Morgan fingerprint density at radius 2 is 1.75 bits per heavy atom. The SMILES string of the molecule is CC1CC1(N)C1(O)CC(C)(C)C1. The van der Waals surface area contributed by atoms with E-state index in [0.717, 1.165) is 19.3 Å². The molecule has 2 heteroatoms. The van der Waals surface area contributed by atoms with Gasteiger partial charge in [0.2, 0.25) is 0 Å². The van der Waals surface area contributed by atoms with Gasteiger partial charge in [-0.15, -0.1) is 0 Å². The van der Waals surface area contributed by atoms with E-state index in [4.69, 9.17) is 5.73 Å². The number of nitrogens with two attached hydrogens (primary N) is 1. The summed E-state index contributed by atoms with van der Waals surface area (Å²) in [5.41, 5.74) is 5.62. The maximum Gasteiger partial charge on any atom is 0.0839 e. The summed E-state index contributed by atoms with van der Waals surface area (Å²) in [6, 6.07) is 0. The monoisotopic (exact) mass is 169 g/mol. The lowest BCUT2D eigenvalue weighted by molar-refractivity contribution is -0.138. The number of rotatable bonds is 1. The fourth-order valence-electron chi connectivity index (χ4n) is 2.96. The Morgan fingerprint density at radius 3 is 2.00 bits per heavy atom. The number of hydrogen-bond donors (Lipinski definition) is 2. The fourth-order valence-corrected chi connectivity index (χ4v) is 2.96. The van der Waals surface area contributed by atoms with Crippen LogP contribution in [0.2, 0.25) is 0 Å². The van der Waals surface area contributed by atoms with Crippen molar-refractivity contribution in [2.45, 2.75) is 51.2 Å². The predicted octanol–water partition coefficient (Wildman–Crippen LogP) is 1.27. The molecule has 0 aliphatic heterocycles. The standard InChI is InChI=1S/C10H19NO/c1-7-4-10(7,11)9(12)5-8(2,3)6-9/h7,12H,4-6,11H2,1-3H3. The molecule has 2 nitrogen and oxygen atoms in total. The van der Waals surface area contributed by atoms with Crippen LogP contribution in [0.25, 0.3) is 0 Å². The fraction of sp³-hybridized carbons (Fsp3) is 1.00. The topological polar surface area (TPSA) is 46.2 Å². The number of hydrogen-bond acceptors (Lipinski definition) is 2. The minimum absolute atomic E-state index is 0.247. The van der Waals surface area contributed by atoms with Crippen LogP contribution in [0, 0.1) is 11.3 Å². The molecule has 0 bridgehead atoms. The Bertz CT molecular complexity index is 216. The molecule has 0 aromatic heterocycles. The van der Waals surface area contributed by atoms with Crippen LogP contribution in [0.5, 0.6) is 0 Å². The van der Waals surface area contributed by atoms with Crippen molar-refractivity contribution < 1.29 is 5.11 Å². The van der Waals surface area contributed by atoms with Crippen LogP contribution >= 0.6 is 0 Å². The third kappa shape index (κ3) is 0.882. The Kier molecular flexibility index (Phi) is 1.33. The average Bonchev–Trinajstić information content (AvgIpc) is 2.37. The first-order valence-electron chi connectivity index (χ1n) is 4.80. The zero-order valence-corrected chi connectivity index (χ0v) is 8.22. The maximum atomic E-state index is 10.2. The van der Waals surface area contributed by atoms with Gasteiger partial charge in [-0.05, 0) is 30.6 Å². The van der Waals surface area contributed by atoms with E-state index in [1.54, 1.807) is 0 Å². The summed E-state index contributed by atoms with van der Waals surface area (Å²) in [7, 11) is 0. The van der Waals surface area contributed by atoms with Crippen molar-refractivity contribution in [3.05, 3.63) is 0 Å². The van der Waals surface area contributed by atoms with Gasteiger partial charge in [-0.1, -0.05) is 20.8 Å². The second kappa shape index (κ2) is 1.88. The first kappa shape index (κ1) is 8.52. The third-order valence-electron chi connectivity index (χ3n) is 3.77. The van der Waals surface area contributed by atoms with Crippen molar-refractivity contribution in [3.8, 4) is 0 Å². The molecule has 0 aromatic carbocycles. The zero-order valence-electron chi connectivity index (χ0n) is 8.22. The van der Waals surface area contributed by atoms with E-state index in [-0.39, 0.29) is 5.54 Å². The van der Waals surface area contributed by atoms with Crippen LogP contribution in [0.15, 0.2) is 0 Å². The van der Waals surface area contributed by atoms with Crippen molar-refractivity contribution in [2.24, 2.45) is 17.1 Å². The van der Waals surface area contributed by atoms with Gasteiger partial charge in [-0.25, -0.2) is 0 Å². The molecule has 0 saturated heterocycles. The highest BCUT2D eigenvalue weighted by Gasteiger charge is 2.67. The van der Waals surface area contributed by atoms with E-state index in [2.05, 4.69) is 20.8 Å². The van der Waals surface area contributed by atoms with Crippen molar-refractivity contribution >= 4 is 0 Å². The molecule has 0 aromatic rings. The molecule has 70 valence electrons. The molecule has 0 spiro atoms. The summed E-state index contributed by atoms with van der Waals surface area (Å²) < 4.78 is 0. The molecule has 2 saturated carbocycles. The molecule has 2 rings (SSSR count). The van der Waals surface area contributed by atoms with E-state index < -0.39 is 5.60 Å². The third-order valence-corrected chi connectivity index (χ3v) is 3.77. The largest absolute Gasteiger partial charge is 0.388 e. The van der Waals surface area contributed by atoms with Crippen molar-refractivity contribution in [3.63, 3.8) is 0 Å². The summed E-state index contributed by atoms with van der Waals surface area (Å²) in [4.78, 5) is 0. The van der Waals surface area contributed by atoms with Gasteiger partial charge in [-0.3, -0.25) is 0 Å². The van der Waals surface area contributed by atoms with Gasteiger partial charge in [-0.2, -0.15) is 0 Å². The summed E-state index contributed by atoms with van der Waals surface area (Å²) in [6.07, 6.45) is 2.75. The molecule has 2 unspecified atom stereocenters. The van der Waals surface area contributed by atoms with Crippen molar-refractivity contribution in [2.75, 3.05) is 0 Å². The second-order valence-electron chi connectivity index (χ2n) is 5.69. The van der Waals surface area contributed by atoms with Gasteiger partial charge in [0, 0.05) is 5.54 Å². The van der Waals surface area contributed by atoms with E-state index >= 15 is 0 Å². The van der Waals surface area contributed by atoms with Gasteiger partial charge in [0.1, 0.15) is 0 Å². The molecule has 0 heterocycles. The van der Waals surface area contributed by atoms with Crippen LogP contribution in [-0.2, 0) is 0 Å². The predicted molar refractivity (Wildman–Crippen MR) is 48.7 cm³/mol. The van der Waals surface area contributed by atoms with E-state index in [0.29, 0.717) is 11.3 Å². The normalized spacial score (nSPS) is 48.2. The molecule has 2 fully saturated rings. The van der Waals surface area contributed by atoms with Crippen molar-refractivity contribution in [1.82, 2.24) is 0 Å². The molecular formula is C10H19NO. The first-order valence-corrected chi connectivity index (χ1v) is 4.80. The van der Waals surface area contributed by atoms with Crippen molar-refractivity contribution in [1.29, 1.82) is 0 Å². The molecule has 0 amide bonds. The zero-order chi connectivity index (χ0) is 9.20. The summed E-state index contributed by atoms with van der Waals surface area (Å²) in [5.74, 6) is 0.513. The Hall–Kier alpha value is -0.0800. The quantitative estimate of drug-likeness (QED) is 0.621. The average molecular weight is 169 g/mol. The van der Waals surface area contributed by atoms with Crippen LogP contribution in [0.4, 0.5) is 0 Å². The second-order valence-corrected chi connectivity index (χ2v) is 5.69. The smallest absolute Gasteiger partial charge is 0.0839 e. The number of aliphatic hydroxyl groups is 1. The van der Waals surface area contributed by atoms with Crippen LogP contribution < -0.4 is 5.73 Å². The highest BCUT2D eigenvalue weighted by Crippen LogP contribution is 2.61. The lowest BCUT2D eigenvalue weighted by Gasteiger charge is -2.53. The molecule has 2 aliphatic carbocycles. The van der Waals surface area contributed by atoms with Gasteiger partial charge in [0.25, 0.3) is 0 Å². The van der Waals surface area contributed by atoms with Crippen LogP contribution in [0.1, 0.15) is 40.0 Å². The molecule has 0 radical (unpaired) electrons. The summed E-state index contributed by atoms with van der Waals surface area (Å²) in [6.45, 7) is 6.51. The highest BCUT2D eigenvalue weighted by atomic mass is 16.3. The lowest BCUT2D eigenvalue weighted by atomic mass is 9.57. The van der Waals surface area contributed by atoms with E-state index in [1.165, 1.54) is 0 Å². The van der Waals surface area contributed by atoms with Gasteiger partial charge in [0.05, 0.1) is 5.60 Å². The Morgan fingerprint density at radius 1 is 1.33 bits per heavy atom. The minimum atomic E-state index is -0.546. The van der Waals surface area contributed by atoms with Gasteiger partial charge in [0.15, 0.2) is 0 Å². The summed E-state index contributed by atoms with van der Waals surface area (Å²) in [5, 5.41) is 10.2. The molecule has 2 atom stereocenters.